The summed E-state index contributed by atoms with van der Waals surface area (Å²) in [6.45, 7) is 3.63. The van der Waals surface area contributed by atoms with Crippen LogP contribution in [0.4, 0.5) is 0 Å². The van der Waals surface area contributed by atoms with Crippen LogP contribution in [0.3, 0.4) is 0 Å². The molecule has 0 rings (SSSR count). The van der Waals surface area contributed by atoms with Crippen LogP contribution in [-0.4, -0.2) is 72.3 Å². The summed E-state index contributed by atoms with van der Waals surface area (Å²) in [7, 11) is -0.0141. The van der Waals surface area contributed by atoms with Crippen molar-refractivity contribution < 1.29 is 38.8 Å². The van der Waals surface area contributed by atoms with E-state index in [1.807, 2.05) is 0 Å². The largest absolute Gasteiger partial charge is 0.726 e. The van der Waals surface area contributed by atoms with E-state index in [4.69, 9.17) is 4.55 Å². The van der Waals surface area contributed by atoms with Crippen molar-refractivity contribution in [1.82, 2.24) is 6.15 Å². The van der Waals surface area contributed by atoms with Gasteiger partial charge in [-0.15, -0.1) is 0 Å². The molecule has 0 aliphatic carbocycles. The third-order valence-corrected chi connectivity index (χ3v) is 5.43. The quantitative estimate of drug-likeness (QED) is 0.117. The second-order valence-corrected chi connectivity index (χ2v) is 11.1. The van der Waals surface area contributed by atoms with E-state index in [1.165, 1.54) is 96.4 Å². The van der Waals surface area contributed by atoms with Gasteiger partial charge in [-0.05, 0) is 12.8 Å². The number of rotatable bonds is 17. The third-order valence-electron chi connectivity index (χ3n) is 4.60. The maximum atomic E-state index is 9.33. The highest BCUT2D eigenvalue weighted by atomic mass is 32.3. The highest BCUT2D eigenvalue weighted by Gasteiger charge is 2.04. The van der Waals surface area contributed by atoms with Crippen LogP contribution in [0.1, 0.15) is 96.8 Å². The minimum absolute atomic E-state index is 0. The molecule has 0 aliphatic rings. The second-order valence-electron chi connectivity index (χ2n) is 8.78. The lowest BCUT2D eigenvalue weighted by Gasteiger charge is -2.23. The van der Waals surface area contributed by atoms with Gasteiger partial charge >= 0.3 is 10.4 Å². The predicted molar refractivity (Wildman–Crippen MR) is 133 cm³/mol. The van der Waals surface area contributed by atoms with E-state index in [0.29, 0.717) is 0 Å². The van der Waals surface area contributed by atoms with Gasteiger partial charge in [-0.2, -0.15) is 8.42 Å². The highest BCUT2D eigenvalue weighted by molar-refractivity contribution is 7.81. The number of unbranched alkanes of at least 4 members (excludes halogenated alkanes) is 13. The molecular weight excluding hydrogens is 472 g/mol. The Kier molecular flexibility index (Phi) is 29.9. The average Bonchev–Trinajstić information content (AvgIpc) is 2.67. The molecule has 0 heterocycles. The molecule has 0 aromatic rings. The fourth-order valence-corrected chi connectivity index (χ4v) is 2.78. The van der Waals surface area contributed by atoms with Gasteiger partial charge in [0.15, 0.2) is 0 Å². The Morgan fingerprint density at radius 1 is 0.667 bits per heavy atom. The minimum Gasteiger partial charge on any atom is -0.726 e. The van der Waals surface area contributed by atoms with E-state index >= 15 is 0 Å². The van der Waals surface area contributed by atoms with Crippen LogP contribution in [0.15, 0.2) is 0 Å². The fourth-order valence-electron chi connectivity index (χ4n) is 2.78. The maximum absolute atomic E-state index is 9.33. The number of nitrogens with zero attached hydrogens (tertiary/aromatic N) is 1. The topological polar surface area (TPSA) is 165 Å². The lowest BCUT2D eigenvalue weighted by molar-refractivity contribution is -0.870. The summed E-state index contributed by atoms with van der Waals surface area (Å²) in [5.41, 5.74) is 0. The first kappa shape index (κ1) is 39.9. The molecule has 0 fully saturated rings. The number of hydrogen-bond donors (Lipinski definition) is 2. The molecule has 0 saturated carbocycles. The van der Waals surface area contributed by atoms with Gasteiger partial charge in [0.05, 0.1) is 41.9 Å². The van der Waals surface area contributed by atoms with E-state index in [0.717, 1.165) is 18.7 Å². The zero-order valence-corrected chi connectivity index (χ0v) is 23.5. The molecule has 206 valence electrons. The summed E-state index contributed by atoms with van der Waals surface area (Å²) >= 11 is 0. The van der Waals surface area contributed by atoms with Crippen molar-refractivity contribution in [1.29, 1.82) is 0 Å². The van der Waals surface area contributed by atoms with Gasteiger partial charge in [-0.25, -0.2) is 8.42 Å². The summed E-state index contributed by atoms with van der Waals surface area (Å²) in [6, 6.07) is 0. The van der Waals surface area contributed by atoms with Crippen molar-refractivity contribution in [3.8, 4) is 0 Å². The van der Waals surface area contributed by atoms with Gasteiger partial charge < -0.3 is 15.2 Å². The first-order chi connectivity index (χ1) is 14.7. The molecule has 0 aromatic heterocycles. The monoisotopic (exact) mass is 524 g/mol. The molecule has 0 saturated heterocycles. The molecule has 0 amide bonds. The van der Waals surface area contributed by atoms with Gasteiger partial charge in [-0.3, -0.25) is 12.9 Å². The van der Waals surface area contributed by atoms with Gasteiger partial charge in [0, 0.05) is 0 Å². The van der Waals surface area contributed by atoms with E-state index in [2.05, 4.69) is 36.4 Å². The SMILES string of the molecule is CCCCCCCCCCCCCCCC[N+](C)(C)C.COS(=O)(=O)O.COS(=O)(=O)[O-].N. The summed E-state index contributed by atoms with van der Waals surface area (Å²) in [5, 5.41) is 0. The van der Waals surface area contributed by atoms with Crippen LogP contribution in [0.5, 0.6) is 0 Å². The molecule has 0 bridgehead atoms. The smallest absolute Gasteiger partial charge is 0.397 e. The molecule has 0 radical (unpaired) electrons. The van der Waals surface area contributed by atoms with E-state index in [9.17, 15) is 21.4 Å². The van der Waals surface area contributed by atoms with Crippen LogP contribution in [0.2, 0.25) is 0 Å². The van der Waals surface area contributed by atoms with Crippen LogP contribution < -0.4 is 6.15 Å². The lowest BCUT2D eigenvalue weighted by atomic mass is 10.0. The minimum atomic E-state index is -4.41. The van der Waals surface area contributed by atoms with Crippen LogP contribution in [0, 0.1) is 0 Å². The summed E-state index contributed by atoms with van der Waals surface area (Å²) in [5.74, 6) is 0. The van der Waals surface area contributed by atoms with Gasteiger partial charge in [-0.1, -0.05) is 84.0 Å². The van der Waals surface area contributed by atoms with Crippen molar-refractivity contribution in [3.05, 3.63) is 0 Å². The molecule has 0 aromatic carbocycles. The lowest BCUT2D eigenvalue weighted by Crippen LogP contribution is -2.35. The van der Waals surface area contributed by atoms with Crippen molar-refractivity contribution >= 4 is 20.8 Å². The molecule has 10 nitrogen and oxygen atoms in total. The average molecular weight is 525 g/mol. The number of quaternary nitrogens is 1. The number of hydrogen-bond acceptors (Lipinski definition) is 8. The second kappa shape index (κ2) is 24.8. The first-order valence-corrected chi connectivity index (χ1v) is 14.2. The fraction of sp³-hybridized carbons (Fsp3) is 1.00. The Labute approximate surface area is 204 Å². The Hall–Kier alpha value is -0.340. The molecule has 33 heavy (non-hydrogen) atoms. The zero-order chi connectivity index (χ0) is 25.5. The van der Waals surface area contributed by atoms with Crippen molar-refractivity contribution in [2.45, 2.75) is 96.8 Å². The zero-order valence-electron chi connectivity index (χ0n) is 21.9. The van der Waals surface area contributed by atoms with Gasteiger partial charge in [0.2, 0.25) is 10.4 Å². The molecule has 0 atom stereocenters. The summed E-state index contributed by atoms with van der Waals surface area (Å²) < 4.78 is 61.9. The van der Waals surface area contributed by atoms with Crippen molar-refractivity contribution in [3.63, 3.8) is 0 Å². The maximum Gasteiger partial charge on any atom is 0.397 e. The van der Waals surface area contributed by atoms with Gasteiger partial charge in [0.1, 0.15) is 0 Å². The molecular formula is C21H52N2O8S2. The first-order valence-electron chi connectivity index (χ1n) is 11.5. The highest BCUT2D eigenvalue weighted by Crippen LogP contribution is 2.13. The molecule has 4 N–H and O–H groups in total. The standard InChI is InChI=1S/C19H42N.2CH4O4S.H3N/c1-5-6-7-8-9-10-11-12-13-14-15-16-17-18-19-20(2,3)4;2*1-5-6(2,3)4;/h5-19H2,1-4H3;2*1H3,(H,2,3,4);1H3/q+1;;;/p-1. The predicted octanol–water partition coefficient (Wildman–Crippen LogP) is 4.86. The molecule has 0 aliphatic heterocycles. The third kappa shape index (κ3) is 54.2. The normalized spacial score (nSPS) is 11.5. The Morgan fingerprint density at radius 2 is 0.909 bits per heavy atom. The van der Waals surface area contributed by atoms with E-state index in [-0.39, 0.29) is 6.15 Å². The molecule has 12 heteroatoms. The van der Waals surface area contributed by atoms with Crippen LogP contribution in [0.25, 0.3) is 0 Å². The summed E-state index contributed by atoms with van der Waals surface area (Å²) in [4.78, 5) is 0. The van der Waals surface area contributed by atoms with E-state index < -0.39 is 20.8 Å². The van der Waals surface area contributed by atoms with E-state index in [1.54, 1.807) is 0 Å². The molecule has 0 spiro atoms. The van der Waals surface area contributed by atoms with Crippen LogP contribution in [-0.2, 0) is 29.2 Å². The molecule has 0 unspecified atom stereocenters. The summed E-state index contributed by atoms with van der Waals surface area (Å²) in [6.07, 6.45) is 20.4. The van der Waals surface area contributed by atoms with Crippen LogP contribution >= 0.6 is 0 Å². The Bertz CT molecular complexity index is 560. The Balaban J connectivity index is -0.000000266. The van der Waals surface area contributed by atoms with Gasteiger partial charge in [0.25, 0.3) is 0 Å². The van der Waals surface area contributed by atoms with Crippen molar-refractivity contribution in [2.24, 2.45) is 0 Å². The van der Waals surface area contributed by atoms with Crippen molar-refractivity contribution in [2.75, 3.05) is 41.9 Å². The Morgan fingerprint density at radius 3 is 1.09 bits per heavy atom.